The number of benzene rings is 1. The number of hydrogen-bond donors (Lipinski definition) is 2. The van der Waals surface area contributed by atoms with E-state index in [2.05, 4.69) is 25.4 Å². The molecule has 3 N–H and O–H groups in total. The van der Waals surface area contributed by atoms with E-state index in [1.54, 1.807) is 0 Å². The summed E-state index contributed by atoms with van der Waals surface area (Å²) in [5.74, 6) is -0.735. The van der Waals surface area contributed by atoms with Gasteiger partial charge in [0.1, 0.15) is 5.69 Å². The Morgan fingerprint density at radius 1 is 1.13 bits per heavy atom. The predicted molar refractivity (Wildman–Crippen MR) is 95.3 cm³/mol. The fraction of sp³-hybridized carbons (Fsp3) is 0.125. The number of aromatic nitrogens is 3. The number of carbonyl (C=O) groups is 1. The first-order valence-electron chi connectivity index (χ1n) is 7.97. The monoisotopic (exact) mass is 466 g/mol. The van der Waals surface area contributed by atoms with E-state index in [1.807, 2.05) is 0 Å². The largest absolute Gasteiger partial charge is 0.437 e. The molecule has 1 aromatic carbocycles. The van der Waals surface area contributed by atoms with Crippen molar-refractivity contribution in [1.29, 1.82) is 0 Å². The minimum Gasteiger partial charge on any atom is -0.380 e. The third-order valence-corrected chi connectivity index (χ3v) is 3.90. The molecule has 0 saturated heterocycles. The summed E-state index contributed by atoms with van der Waals surface area (Å²) in [5, 5.41) is 9.23. The summed E-state index contributed by atoms with van der Waals surface area (Å²) in [5.41, 5.74) is 0.877. The Morgan fingerprint density at radius 3 is 2.35 bits per heavy atom. The summed E-state index contributed by atoms with van der Waals surface area (Å²) in [4.78, 5) is 19.4. The summed E-state index contributed by atoms with van der Waals surface area (Å²) in [6, 6.07) is 5.62. The van der Waals surface area contributed by atoms with Crippen LogP contribution in [0.3, 0.4) is 0 Å². The van der Waals surface area contributed by atoms with E-state index in [1.165, 1.54) is 24.3 Å². The predicted octanol–water partition coefficient (Wildman–Crippen LogP) is 4.29. The maximum absolute atomic E-state index is 13.2. The molecule has 3 rings (SSSR count). The van der Waals surface area contributed by atoms with Gasteiger partial charge in [-0.25, -0.2) is 14.3 Å². The Hall–Kier alpha value is -3.55. The quantitative estimate of drug-likeness (QED) is 0.197. The van der Waals surface area contributed by atoms with Crippen molar-refractivity contribution in [3.63, 3.8) is 0 Å². The molecule has 8 nitrogen and oxygen atoms in total. The van der Waals surface area contributed by atoms with E-state index in [0.717, 1.165) is 0 Å². The van der Waals surface area contributed by atoms with Crippen LogP contribution in [-0.4, -0.2) is 26.5 Å². The number of carbonyl (C=O) groups excluding carboxylic acids is 1. The molecule has 0 aliphatic rings. The van der Waals surface area contributed by atoms with Gasteiger partial charge in [0.15, 0.2) is 17.2 Å². The number of alkyl halides is 6. The maximum atomic E-state index is 13.2. The molecule has 15 heteroatoms. The van der Waals surface area contributed by atoms with E-state index >= 15 is 0 Å². The van der Waals surface area contributed by atoms with Crippen LogP contribution < -0.4 is 11.1 Å². The molecular weight excluding hydrogens is 458 g/mol. The van der Waals surface area contributed by atoms with Crippen molar-refractivity contribution in [2.75, 3.05) is 5.32 Å². The number of oxime groups is 1. The standard InChI is InChI=1S/C16H9ClF6N6O2/c17-7-1-3-8(4-2-7)26-14(30)31-28-12(24)9-6-25-29-11(16(21,22)23)5-10(15(18,19)20)27-13(9)29/h1-6H,(H2,24,28)(H,26,30). The van der Waals surface area contributed by atoms with Gasteiger partial charge in [0.05, 0.1) is 11.8 Å². The Kier molecular flexibility index (Phi) is 5.67. The zero-order valence-corrected chi connectivity index (χ0v) is 15.5. The minimum atomic E-state index is -5.18. The lowest BCUT2D eigenvalue weighted by molar-refractivity contribution is -0.148. The highest BCUT2D eigenvalue weighted by Crippen LogP contribution is 2.35. The van der Waals surface area contributed by atoms with E-state index in [4.69, 9.17) is 17.3 Å². The van der Waals surface area contributed by atoms with Crippen molar-refractivity contribution in [2.24, 2.45) is 10.9 Å². The van der Waals surface area contributed by atoms with Crippen LogP contribution in [0.2, 0.25) is 5.02 Å². The molecule has 0 spiro atoms. The van der Waals surface area contributed by atoms with Crippen LogP contribution in [0.5, 0.6) is 0 Å². The van der Waals surface area contributed by atoms with Gasteiger partial charge >= 0.3 is 18.4 Å². The summed E-state index contributed by atoms with van der Waals surface area (Å²) >= 11 is 5.70. The lowest BCUT2D eigenvalue weighted by Gasteiger charge is -2.12. The van der Waals surface area contributed by atoms with Crippen LogP contribution in [0.15, 0.2) is 41.7 Å². The van der Waals surface area contributed by atoms with Gasteiger partial charge < -0.3 is 5.73 Å². The van der Waals surface area contributed by atoms with Gasteiger partial charge in [0, 0.05) is 10.7 Å². The molecule has 31 heavy (non-hydrogen) atoms. The van der Waals surface area contributed by atoms with Gasteiger partial charge in [0.2, 0.25) is 0 Å². The topological polar surface area (TPSA) is 107 Å². The zero-order chi connectivity index (χ0) is 23.0. The molecule has 2 aromatic heterocycles. The van der Waals surface area contributed by atoms with Crippen molar-refractivity contribution in [3.05, 3.63) is 58.5 Å². The first kappa shape index (κ1) is 22.1. The average molecular weight is 467 g/mol. The summed E-state index contributed by atoms with van der Waals surface area (Å²) in [6.45, 7) is 0. The first-order chi connectivity index (χ1) is 14.4. The molecule has 0 aliphatic carbocycles. The Bertz CT molecular complexity index is 1160. The Balaban J connectivity index is 1.92. The van der Waals surface area contributed by atoms with Gasteiger partial charge in [-0.05, 0) is 30.3 Å². The number of rotatable bonds is 3. The normalized spacial score (nSPS) is 12.8. The SMILES string of the molecule is N/C(=N\OC(=O)Nc1ccc(Cl)cc1)c1cnn2c(C(F)(F)F)cc(C(F)(F)F)nc12. The fourth-order valence-corrected chi connectivity index (χ4v) is 2.43. The number of hydrogen-bond acceptors (Lipinski definition) is 5. The molecule has 0 bridgehead atoms. The highest BCUT2D eigenvalue weighted by atomic mass is 35.5. The number of nitrogens with one attached hydrogen (secondary N) is 1. The van der Waals surface area contributed by atoms with Gasteiger partial charge in [-0.2, -0.15) is 31.4 Å². The summed E-state index contributed by atoms with van der Waals surface area (Å²) < 4.78 is 78.7. The van der Waals surface area contributed by atoms with Crippen molar-refractivity contribution >= 4 is 34.9 Å². The molecule has 164 valence electrons. The van der Waals surface area contributed by atoms with Crippen molar-refractivity contribution in [2.45, 2.75) is 12.4 Å². The van der Waals surface area contributed by atoms with Gasteiger partial charge in [-0.1, -0.05) is 16.8 Å². The second-order valence-corrected chi connectivity index (χ2v) is 6.24. The third kappa shape index (κ3) is 4.96. The molecule has 3 aromatic rings. The van der Waals surface area contributed by atoms with E-state index in [-0.39, 0.29) is 16.3 Å². The number of nitrogens with zero attached hydrogens (tertiary/aromatic N) is 4. The van der Waals surface area contributed by atoms with E-state index in [0.29, 0.717) is 11.2 Å². The van der Waals surface area contributed by atoms with Crippen LogP contribution in [0.1, 0.15) is 17.0 Å². The average Bonchev–Trinajstić information content (AvgIpc) is 3.09. The maximum Gasteiger partial charge on any atom is 0.437 e. The number of halogens is 7. The van der Waals surface area contributed by atoms with Gasteiger partial charge in [-0.3, -0.25) is 10.2 Å². The number of anilines is 1. The smallest absolute Gasteiger partial charge is 0.380 e. The van der Waals surface area contributed by atoms with Crippen LogP contribution >= 0.6 is 11.6 Å². The second kappa shape index (κ2) is 7.94. The molecule has 0 saturated carbocycles. The molecule has 2 heterocycles. The fourth-order valence-electron chi connectivity index (χ4n) is 2.30. The first-order valence-corrected chi connectivity index (χ1v) is 8.34. The molecule has 0 atom stereocenters. The van der Waals surface area contributed by atoms with E-state index < -0.39 is 46.9 Å². The van der Waals surface area contributed by atoms with Crippen molar-refractivity contribution in [3.8, 4) is 0 Å². The van der Waals surface area contributed by atoms with Gasteiger partial charge in [-0.15, -0.1) is 0 Å². The van der Waals surface area contributed by atoms with Crippen LogP contribution in [0.4, 0.5) is 36.8 Å². The van der Waals surface area contributed by atoms with E-state index in [9.17, 15) is 31.1 Å². The highest BCUT2D eigenvalue weighted by molar-refractivity contribution is 6.30. The Morgan fingerprint density at radius 2 is 1.77 bits per heavy atom. The summed E-state index contributed by atoms with van der Waals surface area (Å²) in [7, 11) is 0. The lowest BCUT2D eigenvalue weighted by Crippen LogP contribution is -2.20. The Labute approximate surface area is 173 Å². The van der Waals surface area contributed by atoms with Crippen LogP contribution in [-0.2, 0) is 17.2 Å². The zero-order valence-electron chi connectivity index (χ0n) is 14.8. The highest BCUT2D eigenvalue weighted by Gasteiger charge is 2.40. The minimum absolute atomic E-state index is 0.126. The van der Waals surface area contributed by atoms with Crippen LogP contribution in [0, 0.1) is 0 Å². The molecule has 1 amide bonds. The van der Waals surface area contributed by atoms with Gasteiger partial charge in [0.25, 0.3) is 0 Å². The second-order valence-electron chi connectivity index (χ2n) is 5.80. The number of amides is 1. The number of fused-ring (bicyclic) bond motifs is 1. The molecular formula is C16H9ClF6N6O2. The molecule has 0 unspecified atom stereocenters. The lowest BCUT2D eigenvalue weighted by atomic mass is 10.2. The summed E-state index contributed by atoms with van der Waals surface area (Å²) in [6.07, 6.45) is -10.8. The molecule has 0 fully saturated rings. The third-order valence-electron chi connectivity index (χ3n) is 3.65. The number of amidine groups is 1. The van der Waals surface area contributed by atoms with Crippen molar-refractivity contribution in [1.82, 2.24) is 14.6 Å². The molecule has 0 radical (unpaired) electrons. The molecule has 0 aliphatic heterocycles. The van der Waals surface area contributed by atoms with Crippen molar-refractivity contribution < 1.29 is 36.0 Å². The number of nitrogens with two attached hydrogens (primary N) is 1. The van der Waals surface area contributed by atoms with Crippen LogP contribution in [0.25, 0.3) is 5.65 Å².